The molecule has 1 aliphatic heterocycles. The molecule has 5 nitrogen and oxygen atoms in total. The number of piperidine rings is 1. The number of nitrogens with zero attached hydrogens (tertiary/aromatic N) is 2. The van der Waals surface area contributed by atoms with Crippen LogP contribution in [0.4, 0.5) is 0 Å². The van der Waals surface area contributed by atoms with Crippen LogP contribution in [0.15, 0.2) is 12.1 Å². The molecule has 0 atom stereocenters. The largest absolute Gasteiger partial charge is 0.478 e. The van der Waals surface area contributed by atoms with Crippen molar-refractivity contribution >= 4 is 11.9 Å². The Morgan fingerprint density at radius 1 is 1.22 bits per heavy atom. The van der Waals surface area contributed by atoms with Crippen molar-refractivity contribution in [1.82, 2.24) is 9.88 Å². The van der Waals surface area contributed by atoms with E-state index in [2.05, 4.69) is 4.98 Å². The standard InChI is InChI=1S/C13H16N2O3/c1-9-10(13(17)18)5-6-11(14-9)12(16)15-7-3-2-4-8-15/h5-6H,2-4,7-8H2,1H3,(H,17,18). The smallest absolute Gasteiger partial charge is 0.337 e. The van der Waals surface area contributed by atoms with Gasteiger partial charge in [0.2, 0.25) is 0 Å². The summed E-state index contributed by atoms with van der Waals surface area (Å²) < 4.78 is 0. The van der Waals surface area contributed by atoms with Crippen molar-refractivity contribution in [3.63, 3.8) is 0 Å². The predicted molar refractivity (Wildman–Crippen MR) is 65.7 cm³/mol. The maximum absolute atomic E-state index is 12.1. The minimum atomic E-state index is -1.02. The van der Waals surface area contributed by atoms with E-state index in [0.717, 1.165) is 32.4 Å². The number of hydrogen-bond donors (Lipinski definition) is 1. The van der Waals surface area contributed by atoms with Gasteiger partial charge in [-0.05, 0) is 38.3 Å². The van der Waals surface area contributed by atoms with E-state index in [-0.39, 0.29) is 11.5 Å². The molecule has 1 aromatic heterocycles. The van der Waals surface area contributed by atoms with Crippen LogP contribution in [0.2, 0.25) is 0 Å². The average Bonchev–Trinajstić information content (AvgIpc) is 2.38. The number of hydrogen-bond acceptors (Lipinski definition) is 3. The second-order valence-corrected chi connectivity index (χ2v) is 4.49. The summed E-state index contributed by atoms with van der Waals surface area (Å²) in [6.07, 6.45) is 3.21. The summed E-state index contributed by atoms with van der Waals surface area (Å²) in [5.74, 6) is -1.12. The number of carboxylic acids is 1. The third kappa shape index (κ3) is 2.50. The van der Waals surface area contributed by atoms with Crippen molar-refractivity contribution in [2.45, 2.75) is 26.2 Å². The van der Waals surface area contributed by atoms with Crippen molar-refractivity contribution in [3.8, 4) is 0 Å². The van der Waals surface area contributed by atoms with Gasteiger partial charge in [0, 0.05) is 13.1 Å². The van der Waals surface area contributed by atoms with E-state index < -0.39 is 5.97 Å². The third-order valence-electron chi connectivity index (χ3n) is 3.18. The minimum absolute atomic E-state index is 0.102. The number of aryl methyl sites for hydroxylation is 1. The highest BCUT2D eigenvalue weighted by Gasteiger charge is 2.20. The number of amides is 1. The lowest BCUT2D eigenvalue weighted by Crippen LogP contribution is -2.36. The van der Waals surface area contributed by atoms with Gasteiger partial charge in [-0.15, -0.1) is 0 Å². The number of aromatic carboxylic acids is 1. The van der Waals surface area contributed by atoms with Gasteiger partial charge < -0.3 is 10.0 Å². The van der Waals surface area contributed by atoms with E-state index in [9.17, 15) is 9.59 Å². The molecule has 18 heavy (non-hydrogen) atoms. The van der Waals surface area contributed by atoms with Crippen LogP contribution in [0.1, 0.15) is 45.8 Å². The highest BCUT2D eigenvalue weighted by atomic mass is 16.4. The average molecular weight is 248 g/mol. The molecule has 1 saturated heterocycles. The van der Waals surface area contributed by atoms with Crippen LogP contribution in [0, 0.1) is 6.92 Å². The van der Waals surface area contributed by atoms with Crippen LogP contribution in [0.3, 0.4) is 0 Å². The molecule has 0 bridgehead atoms. The molecule has 0 saturated carbocycles. The van der Waals surface area contributed by atoms with Gasteiger partial charge in [0.1, 0.15) is 5.69 Å². The summed E-state index contributed by atoms with van der Waals surface area (Å²) >= 11 is 0. The van der Waals surface area contributed by atoms with Crippen molar-refractivity contribution in [2.75, 3.05) is 13.1 Å². The maximum Gasteiger partial charge on any atom is 0.337 e. The van der Waals surface area contributed by atoms with Crippen LogP contribution in [-0.4, -0.2) is 40.0 Å². The Labute approximate surface area is 105 Å². The van der Waals surface area contributed by atoms with Gasteiger partial charge >= 0.3 is 5.97 Å². The van der Waals surface area contributed by atoms with Crippen LogP contribution in [-0.2, 0) is 0 Å². The molecule has 1 fully saturated rings. The van der Waals surface area contributed by atoms with Crippen molar-refractivity contribution < 1.29 is 14.7 Å². The Morgan fingerprint density at radius 2 is 1.89 bits per heavy atom. The number of carbonyl (C=O) groups excluding carboxylic acids is 1. The molecule has 1 N–H and O–H groups in total. The zero-order chi connectivity index (χ0) is 13.1. The number of carboxylic acid groups (broad SMARTS) is 1. The number of carbonyl (C=O) groups is 2. The number of likely N-dealkylation sites (tertiary alicyclic amines) is 1. The summed E-state index contributed by atoms with van der Waals surface area (Å²) in [5.41, 5.74) is 0.856. The fraction of sp³-hybridized carbons (Fsp3) is 0.462. The molecule has 0 spiro atoms. The topological polar surface area (TPSA) is 70.5 Å². The number of rotatable bonds is 2. The summed E-state index contributed by atoms with van der Waals surface area (Å²) in [7, 11) is 0. The van der Waals surface area contributed by atoms with Gasteiger partial charge in [-0.2, -0.15) is 0 Å². The first-order valence-electron chi connectivity index (χ1n) is 6.10. The van der Waals surface area contributed by atoms with Gasteiger partial charge in [0.05, 0.1) is 11.3 Å². The Morgan fingerprint density at radius 3 is 2.44 bits per heavy atom. The molecule has 2 heterocycles. The highest BCUT2D eigenvalue weighted by molar-refractivity contribution is 5.94. The molecule has 2 rings (SSSR count). The first-order chi connectivity index (χ1) is 8.59. The second kappa shape index (κ2) is 5.16. The minimum Gasteiger partial charge on any atom is -0.478 e. The van der Waals surface area contributed by atoms with Gasteiger partial charge in [0.25, 0.3) is 5.91 Å². The van der Waals surface area contributed by atoms with Crippen molar-refractivity contribution in [1.29, 1.82) is 0 Å². The van der Waals surface area contributed by atoms with E-state index in [1.54, 1.807) is 11.8 Å². The normalized spacial score (nSPS) is 15.5. The van der Waals surface area contributed by atoms with Gasteiger partial charge in [0.15, 0.2) is 0 Å². The second-order valence-electron chi connectivity index (χ2n) is 4.49. The first kappa shape index (κ1) is 12.5. The Hall–Kier alpha value is -1.91. The van der Waals surface area contributed by atoms with Crippen LogP contribution >= 0.6 is 0 Å². The summed E-state index contributed by atoms with van der Waals surface area (Å²) in [5, 5.41) is 8.91. The summed E-state index contributed by atoms with van der Waals surface area (Å²) in [6, 6.07) is 2.94. The molecule has 0 aromatic carbocycles. The SMILES string of the molecule is Cc1nc(C(=O)N2CCCCC2)ccc1C(=O)O. The fourth-order valence-corrected chi connectivity index (χ4v) is 2.17. The summed E-state index contributed by atoms with van der Waals surface area (Å²) in [4.78, 5) is 28.9. The molecule has 5 heteroatoms. The van der Waals surface area contributed by atoms with E-state index >= 15 is 0 Å². The molecule has 1 amide bonds. The molecule has 0 unspecified atom stereocenters. The lowest BCUT2D eigenvalue weighted by atomic mass is 10.1. The molecular weight excluding hydrogens is 232 g/mol. The first-order valence-corrected chi connectivity index (χ1v) is 6.10. The molecule has 0 radical (unpaired) electrons. The fourth-order valence-electron chi connectivity index (χ4n) is 2.17. The highest BCUT2D eigenvalue weighted by Crippen LogP contribution is 2.13. The summed E-state index contributed by atoms with van der Waals surface area (Å²) in [6.45, 7) is 3.14. The molecular formula is C13H16N2O3. The van der Waals surface area contributed by atoms with Crippen LogP contribution in [0.5, 0.6) is 0 Å². The third-order valence-corrected chi connectivity index (χ3v) is 3.18. The lowest BCUT2D eigenvalue weighted by Gasteiger charge is -2.26. The maximum atomic E-state index is 12.1. The predicted octanol–water partition coefficient (Wildman–Crippen LogP) is 1.71. The zero-order valence-corrected chi connectivity index (χ0v) is 10.3. The number of aromatic nitrogens is 1. The Balaban J connectivity index is 2.20. The molecule has 0 aliphatic carbocycles. The number of pyridine rings is 1. The zero-order valence-electron chi connectivity index (χ0n) is 10.3. The molecule has 96 valence electrons. The van der Waals surface area contributed by atoms with Crippen LogP contribution in [0.25, 0.3) is 0 Å². The van der Waals surface area contributed by atoms with Gasteiger partial charge in [-0.3, -0.25) is 4.79 Å². The van der Waals surface area contributed by atoms with E-state index in [4.69, 9.17) is 5.11 Å². The lowest BCUT2D eigenvalue weighted by molar-refractivity contribution is 0.0687. The monoisotopic (exact) mass is 248 g/mol. The van der Waals surface area contributed by atoms with E-state index in [1.165, 1.54) is 12.1 Å². The molecule has 1 aromatic rings. The molecule has 1 aliphatic rings. The van der Waals surface area contributed by atoms with E-state index in [1.807, 2.05) is 0 Å². The Bertz CT molecular complexity index is 479. The quantitative estimate of drug-likeness (QED) is 0.865. The Kier molecular flexibility index (Phi) is 3.60. The van der Waals surface area contributed by atoms with E-state index in [0.29, 0.717) is 11.4 Å². The van der Waals surface area contributed by atoms with Gasteiger partial charge in [-0.25, -0.2) is 9.78 Å². The van der Waals surface area contributed by atoms with Crippen molar-refractivity contribution in [2.24, 2.45) is 0 Å². The van der Waals surface area contributed by atoms with Gasteiger partial charge in [-0.1, -0.05) is 0 Å². The van der Waals surface area contributed by atoms with Crippen molar-refractivity contribution in [3.05, 3.63) is 29.1 Å². The van der Waals surface area contributed by atoms with Crippen LogP contribution < -0.4 is 0 Å².